The highest BCUT2D eigenvalue weighted by Crippen LogP contribution is 2.31. The molecule has 0 N–H and O–H groups in total. The maximum atomic E-state index is 13.0. The Morgan fingerprint density at radius 2 is 1.33 bits per heavy atom. The Bertz CT molecular complexity index is 993. The van der Waals surface area contributed by atoms with E-state index in [0.29, 0.717) is 28.7 Å². The molecule has 0 aliphatic carbocycles. The summed E-state index contributed by atoms with van der Waals surface area (Å²) in [4.78, 5) is 17.3. The number of carbonyl (C=O) groups is 1. The number of piperazine rings is 1. The van der Waals surface area contributed by atoms with E-state index >= 15 is 0 Å². The summed E-state index contributed by atoms with van der Waals surface area (Å²) in [6.45, 7) is 4.93. The molecule has 0 radical (unpaired) electrons. The second-order valence-corrected chi connectivity index (χ2v) is 8.46. The van der Waals surface area contributed by atoms with E-state index in [9.17, 15) is 4.79 Å². The quantitative estimate of drug-likeness (QED) is 0.509. The average Bonchev–Trinajstić information content (AvgIpc) is 2.76. The molecule has 1 saturated heterocycles. The molecule has 1 unspecified atom stereocenters. The molecule has 1 amide bonds. The maximum Gasteiger partial charge on any atom is 0.256 e. The Hall–Kier alpha value is -2.33. The smallest absolute Gasteiger partial charge is 0.256 e. The molecule has 1 aliphatic rings. The van der Waals surface area contributed by atoms with Gasteiger partial charge < -0.3 is 4.90 Å². The van der Waals surface area contributed by atoms with Crippen LogP contribution in [0, 0.1) is 6.92 Å². The van der Waals surface area contributed by atoms with E-state index in [1.165, 1.54) is 16.7 Å². The summed E-state index contributed by atoms with van der Waals surface area (Å²) in [6, 6.07) is 24.6. The van der Waals surface area contributed by atoms with Gasteiger partial charge in [-0.05, 0) is 30.2 Å². The second-order valence-electron chi connectivity index (χ2n) is 7.65. The lowest BCUT2D eigenvalue weighted by Crippen LogP contribution is -2.50. The summed E-state index contributed by atoms with van der Waals surface area (Å²) in [5.74, 6) is -0.100. The number of hydrogen-bond acceptors (Lipinski definition) is 2. The van der Waals surface area contributed by atoms with Crippen LogP contribution in [-0.2, 0) is 0 Å². The lowest BCUT2D eigenvalue weighted by atomic mass is 9.95. The lowest BCUT2D eigenvalue weighted by molar-refractivity contribution is 0.0597. The molecule has 3 aromatic carbocycles. The van der Waals surface area contributed by atoms with E-state index in [0.717, 1.165) is 13.1 Å². The minimum Gasteiger partial charge on any atom is -0.336 e. The largest absolute Gasteiger partial charge is 0.336 e. The minimum absolute atomic E-state index is 0.100. The summed E-state index contributed by atoms with van der Waals surface area (Å²) in [5, 5.41) is 0.800. The first-order valence-electron chi connectivity index (χ1n) is 10.1. The summed E-state index contributed by atoms with van der Waals surface area (Å²) in [7, 11) is 0. The standard InChI is InChI=1S/C25H24Cl2N2O/c1-18-10-12-20(13-11-18)24(19-6-3-2-4-7-19)28-14-16-29(17-15-28)25(30)23-21(26)8-5-9-22(23)27/h2-13,24H,14-17H2,1H3. The van der Waals surface area contributed by atoms with Gasteiger partial charge in [-0.15, -0.1) is 0 Å². The Labute approximate surface area is 187 Å². The fourth-order valence-electron chi connectivity index (χ4n) is 4.04. The molecule has 0 bridgehead atoms. The van der Waals surface area contributed by atoms with Crippen molar-refractivity contribution >= 4 is 29.1 Å². The van der Waals surface area contributed by atoms with Gasteiger partial charge in [-0.2, -0.15) is 0 Å². The van der Waals surface area contributed by atoms with Gasteiger partial charge in [-0.3, -0.25) is 9.69 Å². The zero-order chi connectivity index (χ0) is 21.1. The third kappa shape index (κ3) is 4.39. The second kappa shape index (κ2) is 9.22. The topological polar surface area (TPSA) is 23.6 Å². The Morgan fingerprint density at radius 1 is 0.767 bits per heavy atom. The van der Waals surface area contributed by atoms with E-state index in [2.05, 4.69) is 60.4 Å². The molecule has 1 fully saturated rings. The van der Waals surface area contributed by atoms with E-state index < -0.39 is 0 Å². The van der Waals surface area contributed by atoms with E-state index in [1.54, 1.807) is 18.2 Å². The zero-order valence-corrected chi connectivity index (χ0v) is 18.4. The minimum atomic E-state index is -0.100. The SMILES string of the molecule is Cc1ccc(C(c2ccccc2)N2CCN(C(=O)c3c(Cl)cccc3Cl)CC2)cc1. The molecule has 0 saturated carbocycles. The van der Waals surface area contributed by atoms with Crippen molar-refractivity contribution in [1.82, 2.24) is 9.80 Å². The van der Waals surface area contributed by atoms with Crippen LogP contribution in [0.1, 0.15) is 33.1 Å². The molecule has 154 valence electrons. The molecule has 3 aromatic rings. The first-order valence-corrected chi connectivity index (χ1v) is 10.9. The van der Waals surface area contributed by atoms with Crippen molar-refractivity contribution in [2.24, 2.45) is 0 Å². The number of amides is 1. The highest BCUT2D eigenvalue weighted by Gasteiger charge is 2.29. The number of aryl methyl sites for hydroxylation is 1. The van der Waals surface area contributed by atoms with Crippen LogP contribution >= 0.6 is 23.2 Å². The van der Waals surface area contributed by atoms with Crippen LogP contribution in [0.3, 0.4) is 0 Å². The Balaban J connectivity index is 1.54. The molecule has 1 heterocycles. The third-order valence-electron chi connectivity index (χ3n) is 5.65. The van der Waals surface area contributed by atoms with Gasteiger partial charge in [-0.25, -0.2) is 0 Å². The number of rotatable bonds is 4. The first-order chi connectivity index (χ1) is 14.5. The van der Waals surface area contributed by atoms with Gasteiger partial charge in [0.2, 0.25) is 0 Å². The summed E-state index contributed by atoms with van der Waals surface area (Å²) in [5.41, 5.74) is 4.17. The zero-order valence-electron chi connectivity index (χ0n) is 16.9. The van der Waals surface area contributed by atoms with Crippen molar-refractivity contribution in [3.05, 3.63) is 105 Å². The molecule has 30 heavy (non-hydrogen) atoms. The van der Waals surface area contributed by atoms with Crippen LogP contribution in [0.5, 0.6) is 0 Å². The Morgan fingerprint density at radius 3 is 1.93 bits per heavy atom. The molecule has 3 nitrogen and oxygen atoms in total. The Kier molecular flexibility index (Phi) is 6.43. The number of nitrogens with zero attached hydrogens (tertiary/aromatic N) is 2. The van der Waals surface area contributed by atoms with Crippen LogP contribution in [0.15, 0.2) is 72.8 Å². The predicted molar refractivity (Wildman–Crippen MR) is 123 cm³/mol. The van der Waals surface area contributed by atoms with Gasteiger partial charge in [0.1, 0.15) is 0 Å². The molecular weight excluding hydrogens is 415 g/mol. The molecular formula is C25H24Cl2N2O. The fourth-order valence-corrected chi connectivity index (χ4v) is 4.60. The first kappa shape index (κ1) is 20.9. The molecule has 1 aliphatic heterocycles. The number of benzene rings is 3. The van der Waals surface area contributed by atoms with Crippen LogP contribution < -0.4 is 0 Å². The van der Waals surface area contributed by atoms with E-state index in [-0.39, 0.29) is 11.9 Å². The third-order valence-corrected chi connectivity index (χ3v) is 6.28. The van der Waals surface area contributed by atoms with Crippen LogP contribution in [0.2, 0.25) is 10.0 Å². The predicted octanol–water partition coefficient (Wildman–Crippen LogP) is 5.85. The van der Waals surface area contributed by atoms with Gasteiger partial charge in [0, 0.05) is 26.2 Å². The average molecular weight is 439 g/mol. The molecule has 5 heteroatoms. The van der Waals surface area contributed by atoms with Gasteiger partial charge in [0.15, 0.2) is 0 Å². The summed E-state index contributed by atoms with van der Waals surface area (Å²) in [6.07, 6.45) is 0. The number of carbonyl (C=O) groups excluding carboxylic acids is 1. The highest BCUT2D eigenvalue weighted by atomic mass is 35.5. The van der Waals surface area contributed by atoms with Crippen molar-refractivity contribution in [1.29, 1.82) is 0 Å². The van der Waals surface area contributed by atoms with Crippen molar-refractivity contribution in [2.45, 2.75) is 13.0 Å². The van der Waals surface area contributed by atoms with Crippen LogP contribution in [0.25, 0.3) is 0 Å². The van der Waals surface area contributed by atoms with Gasteiger partial charge in [0.25, 0.3) is 5.91 Å². The van der Waals surface area contributed by atoms with Gasteiger partial charge in [-0.1, -0.05) is 89.4 Å². The van der Waals surface area contributed by atoms with Crippen LogP contribution in [-0.4, -0.2) is 41.9 Å². The monoisotopic (exact) mass is 438 g/mol. The fraction of sp³-hybridized carbons (Fsp3) is 0.240. The summed E-state index contributed by atoms with van der Waals surface area (Å²) < 4.78 is 0. The van der Waals surface area contributed by atoms with E-state index in [4.69, 9.17) is 23.2 Å². The summed E-state index contributed by atoms with van der Waals surface area (Å²) >= 11 is 12.5. The molecule has 0 aromatic heterocycles. The number of halogens is 2. The molecule has 4 rings (SSSR count). The van der Waals surface area contributed by atoms with E-state index in [1.807, 2.05) is 11.0 Å². The van der Waals surface area contributed by atoms with Gasteiger partial charge >= 0.3 is 0 Å². The van der Waals surface area contributed by atoms with Crippen molar-refractivity contribution in [3.63, 3.8) is 0 Å². The van der Waals surface area contributed by atoms with Crippen molar-refractivity contribution in [2.75, 3.05) is 26.2 Å². The maximum absolute atomic E-state index is 13.0. The van der Waals surface area contributed by atoms with Crippen LogP contribution in [0.4, 0.5) is 0 Å². The lowest BCUT2D eigenvalue weighted by Gasteiger charge is -2.40. The highest BCUT2D eigenvalue weighted by molar-refractivity contribution is 6.39. The molecule has 1 atom stereocenters. The van der Waals surface area contributed by atoms with Gasteiger partial charge in [0.05, 0.1) is 21.7 Å². The molecule has 0 spiro atoms. The van der Waals surface area contributed by atoms with Crippen molar-refractivity contribution < 1.29 is 4.79 Å². The van der Waals surface area contributed by atoms with Crippen molar-refractivity contribution in [3.8, 4) is 0 Å². The normalized spacial score (nSPS) is 15.8. The number of hydrogen-bond donors (Lipinski definition) is 0.